The third-order valence-electron chi connectivity index (χ3n) is 3.20. The van der Waals surface area contributed by atoms with Crippen LogP contribution >= 0.6 is 11.3 Å². The molecule has 3 rings (SSSR count). The zero-order valence-corrected chi connectivity index (χ0v) is 12.9. The van der Waals surface area contributed by atoms with E-state index in [2.05, 4.69) is 15.3 Å². The molecule has 0 atom stereocenters. The van der Waals surface area contributed by atoms with Crippen LogP contribution in [0, 0.1) is 20.8 Å². The van der Waals surface area contributed by atoms with Crippen molar-refractivity contribution in [3.05, 3.63) is 40.2 Å². The molecule has 0 radical (unpaired) electrons. The van der Waals surface area contributed by atoms with Gasteiger partial charge in [0.15, 0.2) is 16.6 Å². The molecule has 0 fully saturated rings. The summed E-state index contributed by atoms with van der Waals surface area (Å²) in [6.45, 7) is 5.73. The average molecular weight is 301 g/mol. The summed E-state index contributed by atoms with van der Waals surface area (Å²) in [5.74, 6) is 0.545. The van der Waals surface area contributed by atoms with E-state index in [4.69, 9.17) is 4.42 Å². The summed E-state index contributed by atoms with van der Waals surface area (Å²) in [4.78, 5) is 21.7. The Balaban J connectivity index is 1.73. The second-order valence-electron chi connectivity index (χ2n) is 4.92. The molecule has 108 valence electrons. The summed E-state index contributed by atoms with van der Waals surface area (Å²) in [5.41, 5.74) is 3.37. The van der Waals surface area contributed by atoms with E-state index in [1.807, 2.05) is 32.0 Å². The molecule has 1 aromatic carbocycles. The van der Waals surface area contributed by atoms with Crippen molar-refractivity contribution in [1.82, 2.24) is 9.97 Å². The number of anilines is 1. The number of benzene rings is 1. The first-order valence-corrected chi connectivity index (χ1v) is 7.43. The number of nitrogens with zero attached hydrogens (tertiary/aromatic N) is 2. The molecule has 0 saturated heterocycles. The zero-order chi connectivity index (χ0) is 15.0. The Morgan fingerprint density at radius 2 is 2.10 bits per heavy atom. The number of carbonyl (C=O) groups excluding carboxylic acids is 1. The summed E-state index contributed by atoms with van der Waals surface area (Å²) in [5, 5.41) is 3.48. The molecule has 2 aromatic heterocycles. The molecule has 5 nitrogen and oxygen atoms in total. The van der Waals surface area contributed by atoms with Crippen molar-refractivity contribution >= 4 is 33.5 Å². The first-order chi connectivity index (χ1) is 10.0. The van der Waals surface area contributed by atoms with E-state index in [9.17, 15) is 4.79 Å². The number of aryl methyl sites for hydroxylation is 3. The smallest absolute Gasteiger partial charge is 0.230 e. The van der Waals surface area contributed by atoms with E-state index < -0.39 is 0 Å². The van der Waals surface area contributed by atoms with Gasteiger partial charge in [-0.25, -0.2) is 9.97 Å². The monoisotopic (exact) mass is 301 g/mol. The number of oxazole rings is 1. The molecule has 0 unspecified atom stereocenters. The van der Waals surface area contributed by atoms with E-state index in [-0.39, 0.29) is 5.91 Å². The van der Waals surface area contributed by atoms with E-state index >= 15 is 0 Å². The van der Waals surface area contributed by atoms with Crippen LogP contribution < -0.4 is 5.32 Å². The fourth-order valence-electron chi connectivity index (χ4n) is 2.07. The molecule has 0 bridgehead atoms. The van der Waals surface area contributed by atoms with E-state index in [0.29, 0.717) is 17.4 Å². The maximum atomic E-state index is 12.1. The van der Waals surface area contributed by atoms with Gasteiger partial charge < -0.3 is 9.73 Å². The minimum atomic E-state index is -0.0803. The summed E-state index contributed by atoms with van der Waals surface area (Å²) in [6.07, 6.45) is 0.291. The van der Waals surface area contributed by atoms with Crippen molar-refractivity contribution in [3.8, 4) is 0 Å². The molecule has 0 saturated carbocycles. The maximum Gasteiger partial charge on any atom is 0.230 e. The number of amides is 1. The van der Waals surface area contributed by atoms with Gasteiger partial charge in [-0.2, -0.15) is 0 Å². The Morgan fingerprint density at radius 1 is 1.29 bits per heavy atom. The van der Waals surface area contributed by atoms with Crippen LogP contribution in [0.25, 0.3) is 11.1 Å². The van der Waals surface area contributed by atoms with Gasteiger partial charge in [-0.1, -0.05) is 6.07 Å². The van der Waals surface area contributed by atoms with Crippen LogP contribution in [-0.4, -0.2) is 15.9 Å². The molecule has 1 amide bonds. The zero-order valence-electron chi connectivity index (χ0n) is 12.1. The number of hydrogen-bond donors (Lipinski definition) is 1. The van der Waals surface area contributed by atoms with Crippen molar-refractivity contribution in [1.29, 1.82) is 0 Å². The Hall–Kier alpha value is -2.21. The number of fused-ring (bicyclic) bond motifs is 1. The molecular formula is C15H15N3O2S. The molecule has 0 aliphatic carbocycles. The van der Waals surface area contributed by atoms with Gasteiger partial charge in [0.2, 0.25) is 5.91 Å². The summed E-state index contributed by atoms with van der Waals surface area (Å²) in [6, 6.07) is 5.60. The van der Waals surface area contributed by atoms with Gasteiger partial charge in [-0.05, 0) is 31.5 Å². The Labute approximate surface area is 126 Å². The number of nitrogens with one attached hydrogen (secondary N) is 1. The Morgan fingerprint density at radius 3 is 2.81 bits per heavy atom. The predicted molar refractivity (Wildman–Crippen MR) is 82.7 cm³/mol. The van der Waals surface area contributed by atoms with Crippen molar-refractivity contribution in [2.24, 2.45) is 0 Å². The van der Waals surface area contributed by atoms with Crippen LogP contribution in [0.1, 0.15) is 22.0 Å². The van der Waals surface area contributed by atoms with E-state index in [0.717, 1.165) is 27.2 Å². The lowest BCUT2D eigenvalue weighted by molar-refractivity contribution is -0.115. The van der Waals surface area contributed by atoms with Gasteiger partial charge in [0, 0.05) is 11.8 Å². The predicted octanol–water partition coefficient (Wildman–Crippen LogP) is 3.39. The van der Waals surface area contributed by atoms with Crippen LogP contribution in [0.3, 0.4) is 0 Å². The molecule has 6 heteroatoms. The minimum Gasteiger partial charge on any atom is -0.441 e. The van der Waals surface area contributed by atoms with Crippen molar-refractivity contribution in [2.45, 2.75) is 27.2 Å². The number of aromatic nitrogens is 2. The molecule has 1 N–H and O–H groups in total. The third kappa shape index (κ3) is 2.95. The second kappa shape index (κ2) is 5.29. The lowest BCUT2D eigenvalue weighted by Crippen LogP contribution is -2.14. The summed E-state index contributed by atoms with van der Waals surface area (Å²) in [7, 11) is 0. The third-order valence-corrected chi connectivity index (χ3v) is 4.19. The lowest BCUT2D eigenvalue weighted by atomic mass is 10.1. The number of thiazole rings is 1. The highest BCUT2D eigenvalue weighted by Gasteiger charge is 2.10. The number of carbonyl (C=O) groups is 1. The molecule has 21 heavy (non-hydrogen) atoms. The van der Waals surface area contributed by atoms with E-state index in [1.54, 1.807) is 6.92 Å². The van der Waals surface area contributed by atoms with Crippen LogP contribution in [0.4, 0.5) is 5.13 Å². The largest absolute Gasteiger partial charge is 0.441 e. The topological polar surface area (TPSA) is 68.0 Å². The SMILES string of the molecule is Cc1nc2cc(CC(=O)Nc3nc(C)c(C)s3)ccc2o1. The molecule has 0 aliphatic rings. The highest BCUT2D eigenvalue weighted by atomic mass is 32.1. The van der Waals surface area contributed by atoms with Crippen molar-refractivity contribution < 1.29 is 9.21 Å². The highest BCUT2D eigenvalue weighted by Crippen LogP contribution is 2.22. The quantitative estimate of drug-likeness (QED) is 0.805. The second-order valence-corrected chi connectivity index (χ2v) is 6.12. The summed E-state index contributed by atoms with van der Waals surface area (Å²) < 4.78 is 5.42. The molecule has 2 heterocycles. The normalized spacial score (nSPS) is 11.0. The fraction of sp³-hybridized carbons (Fsp3) is 0.267. The van der Waals surface area contributed by atoms with Crippen LogP contribution in [0.2, 0.25) is 0 Å². The van der Waals surface area contributed by atoms with Gasteiger partial charge in [-0.3, -0.25) is 4.79 Å². The van der Waals surface area contributed by atoms with Gasteiger partial charge in [-0.15, -0.1) is 11.3 Å². The first-order valence-electron chi connectivity index (χ1n) is 6.61. The molecular weight excluding hydrogens is 286 g/mol. The van der Waals surface area contributed by atoms with Crippen molar-refractivity contribution in [2.75, 3.05) is 5.32 Å². The molecule has 3 aromatic rings. The minimum absolute atomic E-state index is 0.0803. The number of rotatable bonds is 3. The van der Waals surface area contributed by atoms with Crippen LogP contribution in [0.5, 0.6) is 0 Å². The van der Waals surface area contributed by atoms with Crippen LogP contribution in [0.15, 0.2) is 22.6 Å². The van der Waals surface area contributed by atoms with Gasteiger partial charge >= 0.3 is 0 Å². The molecule has 0 aliphatic heterocycles. The summed E-state index contributed by atoms with van der Waals surface area (Å²) >= 11 is 1.49. The average Bonchev–Trinajstić information content (AvgIpc) is 2.91. The fourth-order valence-corrected chi connectivity index (χ4v) is 2.90. The van der Waals surface area contributed by atoms with Gasteiger partial charge in [0.1, 0.15) is 5.52 Å². The lowest BCUT2D eigenvalue weighted by Gasteiger charge is -2.01. The van der Waals surface area contributed by atoms with Gasteiger partial charge in [0.25, 0.3) is 0 Å². The van der Waals surface area contributed by atoms with E-state index in [1.165, 1.54) is 11.3 Å². The van der Waals surface area contributed by atoms with Crippen LogP contribution in [-0.2, 0) is 11.2 Å². The van der Waals surface area contributed by atoms with Crippen molar-refractivity contribution in [3.63, 3.8) is 0 Å². The molecule has 0 spiro atoms. The Bertz CT molecular complexity index is 800. The first kappa shape index (κ1) is 13.8. The maximum absolute atomic E-state index is 12.1. The number of hydrogen-bond acceptors (Lipinski definition) is 5. The Kier molecular flexibility index (Phi) is 3.47. The van der Waals surface area contributed by atoms with Gasteiger partial charge in [0.05, 0.1) is 12.1 Å². The highest BCUT2D eigenvalue weighted by molar-refractivity contribution is 7.15. The standard InChI is InChI=1S/C15H15N3O2S/c1-8-9(2)21-15(16-8)18-14(19)7-11-4-5-13-12(6-11)17-10(3)20-13/h4-6H,7H2,1-3H3,(H,16,18,19).